The Morgan fingerprint density at radius 3 is 2.57 bits per heavy atom. The Morgan fingerprint density at radius 1 is 1.57 bits per heavy atom. The number of hydrazine groups is 1. The highest BCUT2D eigenvalue weighted by atomic mass is 15.4. The number of hydrogen-bond donors (Lipinski definition) is 2. The molecule has 0 aliphatic carbocycles. The van der Waals surface area contributed by atoms with Crippen LogP contribution in [0.4, 0.5) is 0 Å². The van der Waals surface area contributed by atoms with Gasteiger partial charge in [0.1, 0.15) is 0 Å². The van der Waals surface area contributed by atoms with Crippen molar-refractivity contribution in [3.8, 4) is 0 Å². The summed E-state index contributed by atoms with van der Waals surface area (Å²) in [6.07, 6.45) is 2.70. The maximum absolute atomic E-state index is 5.52. The number of rotatable bonds is 3. The number of hydrogen-bond acceptors (Lipinski definition) is 4. The monoisotopic (exact) mass is 197 g/mol. The van der Waals surface area contributed by atoms with E-state index in [0.29, 0.717) is 0 Å². The molecule has 1 aromatic rings. The molecule has 1 unspecified atom stereocenters. The summed E-state index contributed by atoms with van der Waals surface area (Å²) < 4.78 is 1.75. The maximum atomic E-state index is 5.52. The van der Waals surface area contributed by atoms with Crippen LogP contribution < -0.4 is 11.3 Å². The molecular formula is C9H19N5. The highest BCUT2D eigenvalue weighted by Gasteiger charge is 2.21. The van der Waals surface area contributed by atoms with Gasteiger partial charge in [-0.2, -0.15) is 0 Å². The number of nitrogens with two attached hydrogens (primary N) is 1. The molecule has 0 aliphatic rings. The molecule has 0 amide bonds. The van der Waals surface area contributed by atoms with Gasteiger partial charge in [-0.05, 0) is 11.8 Å². The van der Waals surface area contributed by atoms with Gasteiger partial charge >= 0.3 is 0 Å². The van der Waals surface area contributed by atoms with E-state index in [1.165, 1.54) is 0 Å². The molecule has 0 saturated carbocycles. The van der Waals surface area contributed by atoms with Crippen molar-refractivity contribution >= 4 is 0 Å². The third-order valence-corrected chi connectivity index (χ3v) is 2.12. The fourth-order valence-corrected chi connectivity index (χ4v) is 1.47. The summed E-state index contributed by atoms with van der Waals surface area (Å²) in [7, 11) is 1.87. The number of aryl methyl sites for hydroxylation is 1. The van der Waals surface area contributed by atoms with Crippen LogP contribution in [0.5, 0.6) is 0 Å². The first kappa shape index (κ1) is 11.1. The van der Waals surface area contributed by atoms with Crippen LogP contribution in [0, 0.1) is 5.41 Å². The lowest BCUT2D eigenvalue weighted by molar-refractivity contribution is 0.305. The van der Waals surface area contributed by atoms with Crippen LogP contribution >= 0.6 is 0 Å². The molecule has 0 bridgehead atoms. The number of aromatic nitrogens is 3. The standard InChI is InChI=1S/C9H19N5/c1-9(2,3)5-7(12-10)8-6-11-13-14(8)4/h6-7,12H,5,10H2,1-4H3. The van der Waals surface area contributed by atoms with Crippen LogP contribution in [0.1, 0.15) is 38.9 Å². The van der Waals surface area contributed by atoms with E-state index in [2.05, 4.69) is 36.5 Å². The van der Waals surface area contributed by atoms with Gasteiger partial charge in [-0.1, -0.05) is 26.0 Å². The van der Waals surface area contributed by atoms with Crippen LogP contribution in [0.3, 0.4) is 0 Å². The van der Waals surface area contributed by atoms with Crippen LogP contribution in [0.15, 0.2) is 6.20 Å². The summed E-state index contributed by atoms with van der Waals surface area (Å²) in [6.45, 7) is 6.55. The normalized spacial score (nSPS) is 14.4. The Morgan fingerprint density at radius 2 is 2.21 bits per heavy atom. The van der Waals surface area contributed by atoms with Gasteiger partial charge in [-0.3, -0.25) is 16.0 Å². The fourth-order valence-electron chi connectivity index (χ4n) is 1.47. The maximum Gasteiger partial charge on any atom is 0.0766 e. The molecule has 1 atom stereocenters. The lowest BCUT2D eigenvalue weighted by atomic mass is 9.87. The summed E-state index contributed by atoms with van der Waals surface area (Å²) in [4.78, 5) is 0. The molecule has 5 heteroatoms. The average molecular weight is 197 g/mol. The van der Waals surface area contributed by atoms with Gasteiger partial charge in [-0.25, -0.2) is 0 Å². The van der Waals surface area contributed by atoms with Gasteiger partial charge in [-0.15, -0.1) is 5.10 Å². The second-order valence-electron chi connectivity index (χ2n) is 4.77. The molecule has 14 heavy (non-hydrogen) atoms. The third-order valence-electron chi connectivity index (χ3n) is 2.12. The van der Waals surface area contributed by atoms with E-state index in [1.807, 2.05) is 7.05 Å². The highest BCUT2D eigenvalue weighted by Crippen LogP contribution is 2.27. The van der Waals surface area contributed by atoms with Gasteiger partial charge in [0.05, 0.1) is 17.9 Å². The molecule has 1 aromatic heterocycles. The molecule has 0 aliphatic heterocycles. The average Bonchev–Trinajstić information content (AvgIpc) is 2.45. The summed E-state index contributed by atoms with van der Waals surface area (Å²) >= 11 is 0. The first-order valence-electron chi connectivity index (χ1n) is 4.75. The Balaban J connectivity index is 2.78. The lowest BCUT2D eigenvalue weighted by Gasteiger charge is -2.25. The van der Waals surface area contributed by atoms with Gasteiger partial charge in [0.2, 0.25) is 0 Å². The summed E-state index contributed by atoms with van der Waals surface area (Å²) in [5.41, 5.74) is 4.04. The molecule has 80 valence electrons. The Hall–Kier alpha value is -0.940. The summed E-state index contributed by atoms with van der Waals surface area (Å²) in [6, 6.07) is 0.106. The van der Waals surface area contributed by atoms with Gasteiger partial charge in [0.25, 0.3) is 0 Å². The SMILES string of the molecule is Cn1nncc1C(CC(C)(C)C)NN. The van der Waals surface area contributed by atoms with E-state index in [9.17, 15) is 0 Å². The summed E-state index contributed by atoms with van der Waals surface area (Å²) in [5.74, 6) is 5.52. The van der Waals surface area contributed by atoms with E-state index < -0.39 is 0 Å². The lowest BCUT2D eigenvalue weighted by Crippen LogP contribution is -2.32. The van der Waals surface area contributed by atoms with Crippen molar-refractivity contribution in [2.75, 3.05) is 0 Å². The molecular weight excluding hydrogens is 178 g/mol. The molecule has 0 radical (unpaired) electrons. The van der Waals surface area contributed by atoms with Crippen molar-refractivity contribution in [1.29, 1.82) is 0 Å². The fraction of sp³-hybridized carbons (Fsp3) is 0.778. The minimum Gasteiger partial charge on any atom is -0.271 e. The van der Waals surface area contributed by atoms with Crippen molar-refractivity contribution in [1.82, 2.24) is 20.4 Å². The minimum atomic E-state index is 0.106. The van der Waals surface area contributed by atoms with E-state index in [0.717, 1.165) is 12.1 Å². The quantitative estimate of drug-likeness (QED) is 0.554. The van der Waals surface area contributed by atoms with E-state index in [4.69, 9.17) is 5.84 Å². The Labute approximate surface area is 84.6 Å². The molecule has 5 nitrogen and oxygen atoms in total. The Kier molecular flexibility index (Phi) is 3.23. The molecule has 0 aromatic carbocycles. The largest absolute Gasteiger partial charge is 0.271 e. The van der Waals surface area contributed by atoms with Crippen LogP contribution in [-0.4, -0.2) is 15.0 Å². The first-order chi connectivity index (χ1) is 6.44. The predicted octanol–water partition coefficient (Wildman–Crippen LogP) is 0.756. The van der Waals surface area contributed by atoms with E-state index >= 15 is 0 Å². The molecule has 0 fully saturated rings. The molecule has 3 N–H and O–H groups in total. The summed E-state index contributed by atoms with van der Waals surface area (Å²) in [5, 5.41) is 7.72. The first-order valence-corrected chi connectivity index (χ1v) is 4.75. The Bertz CT molecular complexity index is 286. The van der Waals surface area contributed by atoms with Crippen molar-refractivity contribution in [2.24, 2.45) is 18.3 Å². The van der Waals surface area contributed by atoms with Crippen molar-refractivity contribution in [2.45, 2.75) is 33.2 Å². The zero-order valence-corrected chi connectivity index (χ0v) is 9.28. The zero-order chi connectivity index (χ0) is 10.8. The number of nitrogens with one attached hydrogen (secondary N) is 1. The van der Waals surface area contributed by atoms with Gasteiger partial charge < -0.3 is 0 Å². The molecule has 1 rings (SSSR count). The highest BCUT2D eigenvalue weighted by molar-refractivity contribution is 5.02. The van der Waals surface area contributed by atoms with Crippen molar-refractivity contribution < 1.29 is 0 Å². The predicted molar refractivity (Wildman–Crippen MR) is 55.1 cm³/mol. The van der Waals surface area contributed by atoms with E-state index in [1.54, 1.807) is 10.9 Å². The zero-order valence-electron chi connectivity index (χ0n) is 9.28. The molecule has 1 heterocycles. The number of nitrogens with zero attached hydrogens (tertiary/aromatic N) is 3. The smallest absolute Gasteiger partial charge is 0.0766 e. The van der Waals surface area contributed by atoms with Crippen LogP contribution in [0.25, 0.3) is 0 Å². The van der Waals surface area contributed by atoms with Gasteiger partial charge in [0, 0.05) is 7.05 Å². The van der Waals surface area contributed by atoms with Crippen molar-refractivity contribution in [3.63, 3.8) is 0 Å². The van der Waals surface area contributed by atoms with E-state index in [-0.39, 0.29) is 11.5 Å². The van der Waals surface area contributed by atoms with Crippen LogP contribution in [0.2, 0.25) is 0 Å². The second kappa shape index (κ2) is 4.06. The topological polar surface area (TPSA) is 68.8 Å². The van der Waals surface area contributed by atoms with Crippen molar-refractivity contribution in [3.05, 3.63) is 11.9 Å². The second-order valence-corrected chi connectivity index (χ2v) is 4.77. The molecule has 0 saturated heterocycles. The third kappa shape index (κ3) is 2.78. The van der Waals surface area contributed by atoms with Crippen LogP contribution in [-0.2, 0) is 7.05 Å². The minimum absolute atomic E-state index is 0.106. The van der Waals surface area contributed by atoms with Gasteiger partial charge in [0.15, 0.2) is 0 Å². The molecule has 0 spiro atoms.